The number of carboxylic acids is 1. The van der Waals surface area contributed by atoms with Gasteiger partial charge in [0.1, 0.15) is 0 Å². The molecule has 104 valence electrons. The third kappa shape index (κ3) is 4.46. The predicted molar refractivity (Wildman–Crippen MR) is 66.8 cm³/mol. The number of aliphatic carboxylic acids is 1. The van der Waals surface area contributed by atoms with Gasteiger partial charge < -0.3 is 20.5 Å². The van der Waals surface area contributed by atoms with Crippen LogP contribution in [0.25, 0.3) is 0 Å². The maximum absolute atomic E-state index is 13.1. The van der Waals surface area contributed by atoms with Crippen molar-refractivity contribution >= 4 is 17.7 Å². The van der Waals surface area contributed by atoms with Crippen LogP contribution in [0.5, 0.6) is 5.75 Å². The van der Waals surface area contributed by atoms with Crippen LogP contribution >= 0.6 is 0 Å². The molecule has 0 aliphatic rings. The molecule has 1 aromatic carbocycles. The molecule has 1 rings (SSSR count). The minimum atomic E-state index is -0.997. The van der Waals surface area contributed by atoms with E-state index in [1.807, 2.05) is 0 Å². The van der Waals surface area contributed by atoms with Gasteiger partial charge in [-0.25, -0.2) is 9.18 Å². The highest BCUT2D eigenvalue weighted by atomic mass is 19.1. The highest BCUT2D eigenvalue weighted by Gasteiger charge is 2.12. The molecule has 1 aromatic rings. The van der Waals surface area contributed by atoms with Crippen molar-refractivity contribution < 1.29 is 23.8 Å². The monoisotopic (exact) mass is 270 g/mol. The Morgan fingerprint density at radius 3 is 2.74 bits per heavy atom. The van der Waals surface area contributed by atoms with Crippen molar-refractivity contribution in [3.05, 3.63) is 24.0 Å². The molecule has 7 heteroatoms. The number of hydrogen-bond donors (Lipinski definition) is 3. The largest absolute Gasteiger partial charge is 0.494 e. The molecule has 0 aliphatic carbocycles. The molecule has 2 amide bonds. The predicted octanol–water partition coefficient (Wildman–Crippen LogP) is 1.68. The molecule has 6 nitrogen and oxygen atoms in total. The van der Waals surface area contributed by atoms with Gasteiger partial charge in [0.05, 0.1) is 13.0 Å². The first-order valence-electron chi connectivity index (χ1n) is 5.55. The highest BCUT2D eigenvalue weighted by molar-refractivity contribution is 5.89. The molecule has 19 heavy (non-hydrogen) atoms. The summed E-state index contributed by atoms with van der Waals surface area (Å²) in [5.74, 6) is -2.21. The third-order valence-corrected chi connectivity index (χ3v) is 2.40. The van der Waals surface area contributed by atoms with Crippen LogP contribution in [0.4, 0.5) is 14.9 Å². The first kappa shape index (κ1) is 14.7. The van der Waals surface area contributed by atoms with Crippen LogP contribution in [0, 0.1) is 11.7 Å². The van der Waals surface area contributed by atoms with Crippen molar-refractivity contribution in [2.24, 2.45) is 5.92 Å². The van der Waals surface area contributed by atoms with Crippen molar-refractivity contribution in [2.75, 3.05) is 19.0 Å². The quantitative estimate of drug-likeness (QED) is 0.759. The zero-order valence-corrected chi connectivity index (χ0v) is 10.6. The number of ether oxygens (including phenoxy) is 1. The third-order valence-electron chi connectivity index (χ3n) is 2.40. The van der Waals surface area contributed by atoms with Crippen LogP contribution < -0.4 is 15.4 Å². The van der Waals surface area contributed by atoms with E-state index in [1.165, 1.54) is 26.2 Å². The van der Waals surface area contributed by atoms with E-state index >= 15 is 0 Å². The van der Waals surface area contributed by atoms with Crippen LogP contribution in [-0.4, -0.2) is 30.8 Å². The fourth-order valence-corrected chi connectivity index (χ4v) is 1.25. The Balaban J connectivity index is 2.55. The summed E-state index contributed by atoms with van der Waals surface area (Å²) in [6.45, 7) is 1.48. The van der Waals surface area contributed by atoms with Crippen molar-refractivity contribution in [2.45, 2.75) is 6.92 Å². The number of benzene rings is 1. The second-order valence-corrected chi connectivity index (χ2v) is 3.92. The van der Waals surface area contributed by atoms with Gasteiger partial charge in [-0.05, 0) is 12.1 Å². The van der Waals surface area contributed by atoms with E-state index in [0.29, 0.717) is 5.69 Å². The van der Waals surface area contributed by atoms with Crippen LogP contribution in [0.15, 0.2) is 18.2 Å². The first-order valence-corrected chi connectivity index (χ1v) is 5.55. The number of halogens is 1. The molecular formula is C12H15FN2O4. The molecule has 0 aromatic heterocycles. The van der Waals surface area contributed by atoms with Gasteiger partial charge in [0.15, 0.2) is 11.6 Å². The summed E-state index contributed by atoms with van der Waals surface area (Å²) in [6.07, 6.45) is 0. The number of rotatable bonds is 5. The number of hydrogen-bond acceptors (Lipinski definition) is 3. The fourth-order valence-electron chi connectivity index (χ4n) is 1.25. The summed E-state index contributed by atoms with van der Waals surface area (Å²) in [5.41, 5.74) is 0.346. The van der Waals surface area contributed by atoms with Crippen molar-refractivity contribution in [3.63, 3.8) is 0 Å². The van der Waals surface area contributed by atoms with Gasteiger partial charge in [-0.15, -0.1) is 0 Å². The van der Waals surface area contributed by atoms with Gasteiger partial charge in [0, 0.05) is 18.3 Å². The summed E-state index contributed by atoms with van der Waals surface area (Å²) in [6, 6.07) is 3.30. The molecule has 0 saturated carbocycles. The second kappa shape index (κ2) is 6.58. The standard InChI is InChI=1S/C12H15FN2O4/c1-7(11(16)17)6-14-12(18)15-8-3-4-9(13)10(5-8)19-2/h3-5,7H,6H2,1-2H3,(H,16,17)(H2,14,15,18). The molecule has 0 spiro atoms. The molecule has 0 radical (unpaired) electrons. The molecule has 0 aliphatic heterocycles. The summed E-state index contributed by atoms with van der Waals surface area (Å²) in [5, 5.41) is 13.5. The molecular weight excluding hydrogens is 255 g/mol. The number of urea groups is 1. The Kier molecular flexibility index (Phi) is 5.11. The van der Waals surface area contributed by atoms with Gasteiger partial charge in [-0.3, -0.25) is 4.79 Å². The molecule has 0 bridgehead atoms. The Labute approximate surface area is 109 Å². The molecule has 0 saturated heterocycles. The minimum absolute atomic E-state index is 0.000500. The van der Waals surface area contributed by atoms with E-state index < -0.39 is 23.7 Å². The van der Waals surface area contributed by atoms with Gasteiger partial charge in [-0.2, -0.15) is 0 Å². The van der Waals surface area contributed by atoms with E-state index in [0.717, 1.165) is 6.07 Å². The van der Waals surface area contributed by atoms with Crippen LogP contribution in [-0.2, 0) is 4.79 Å². The number of amides is 2. The van der Waals surface area contributed by atoms with Gasteiger partial charge in [0.25, 0.3) is 0 Å². The molecule has 1 unspecified atom stereocenters. The number of methoxy groups -OCH3 is 1. The van der Waals surface area contributed by atoms with E-state index in [9.17, 15) is 14.0 Å². The van der Waals surface area contributed by atoms with Gasteiger partial charge in [-0.1, -0.05) is 6.92 Å². The van der Waals surface area contributed by atoms with E-state index in [2.05, 4.69) is 10.6 Å². The molecule has 1 atom stereocenters. The lowest BCUT2D eigenvalue weighted by atomic mass is 10.2. The zero-order chi connectivity index (χ0) is 14.4. The van der Waals surface area contributed by atoms with Gasteiger partial charge >= 0.3 is 12.0 Å². The van der Waals surface area contributed by atoms with Crippen LogP contribution in [0.2, 0.25) is 0 Å². The Morgan fingerprint density at radius 2 is 2.16 bits per heavy atom. The highest BCUT2D eigenvalue weighted by Crippen LogP contribution is 2.21. The number of carbonyl (C=O) groups excluding carboxylic acids is 1. The number of anilines is 1. The smallest absolute Gasteiger partial charge is 0.319 e. The average molecular weight is 270 g/mol. The summed E-state index contributed by atoms with van der Waals surface area (Å²) < 4.78 is 17.9. The van der Waals surface area contributed by atoms with Crippen LogP contribution in [0.3, 0.4) is 0 Å². The molecule has 3 N–H and O–H groups in total. The van der Waals surface area contributed by atoms with Crippen molar-refractivity contribution in [1.82, 2.24) is 5.32 Å². The van der Waals surface area contributed by atoms with Crippen molar-refractivity contribution in [1.29, 1.82) is 0 Å². The van der Waals surface area contributed by atoms with E-state index in [4.69, 9.17) is 9.84 Å². The minimum Gasteiger partial charge on any atom is -0.494 e. The van der Waals surface area contributed by atoms with Crippen LogP contribution in [0.1, 0.15) is 6.92 Å². The lowest BCUT2D eigenvalue weighted by Gasteiger charge is -2.10. The number of nitrogens with one attached hydrogen (secondary N) is 2. The summed E-state index contributed by atoms with van der Waals surface area (Å²) in [7, 11) is 1.32. The maximum atomic E-state index is 13.1. The Hall–Kier alpha value is -2.31. The normalized spacial score (nSPS) is 11.5. The summed E-state index contributed by atoms with van der Waals surface area (Å²) >= 11 is 0. The lowest BCUT2D eigenvalue weighted by molar-refractivity contribution is -0.140. The lowest BCUT2D eigenvalue weighted by Crippen LogP contribution is -2.34. The Bertz CT molecular complexity index is 479. The van der Waals surface area contributed by atoms with E-state index in [1.54, 1.807) is 0 Å². The van der Waals surface area contributed by atoms with Gasteiger partial charge in [0.2, 0.25) is 0 Å². The van der Waals surface area contributed by atoms with Crippen molar-refractivity contribution in [3.8, 4) is 5.75 Å². The number of carboxylic acid groups (broad SMARTS) is 1. The zero-order valence-electron chi connectivity index (χ0n) is 10.6. The summed E-state index contributed by atoms with van der Waals surface area (Å²) in [4.78, 5) is 22.0. The molecule has 0 heterocycles. The maximum Gasteiger partial charge on any atom is 0.319 e. The average Bonchev–Trinajstić information content (AvgIpc) is 2.38. The molecule has 0 fully saturated rings. The number of carbonyl (C=O) groups is 2. The SMILES string of the molecule is COc1cc(NC(=O)NCC(C)C(=O)O)ccc1F. The first-order chi connectivity index (χ1) is 8.93. The fraction of sp³-hybridized carbons (Fsp3) is 0.333. The second-order valence-electron chi connectivity index (χ2n) is 3.92. The van der Waals surface area contributed by atoms with E-state index in [-0.39, 0.29) is 12.3 Å². The topological polar surface area (TPSA) is 87.7 Å². The Morgan fingerprint density at radius 1 is 1.47 bits per heavy atom.